The SMILES string of the molecule is CCOC(=O)C1C=C2CN(C(=O)OCc3cc(Cl)cc(C(F)(F)F)c3)CCCN2C1. The quantitative estimate of drug-likeness (QED) is 0.652. The second-order valence-electron chi connectivity index (χ2n) is 7.14. The minimum Gasteiger partial charge on any atom is -0.465 e. The molecule has 1 aromatic rings. The first-order chi connectivity index (χ1) is 14.2. The third-order valence-electron chi connectivity index (χ3n) is 4.92. The van der Waals surface area contributed by atoms with Gasteiger partial charge in [0.15, 0.2) is 0 Å². The van der Waals surface area contributed by atoms with Crippen LogP contribution in [-0.2, 0) is 27.1 Å². The Balaban J connectivity index is 1.63. The van der Waals surface area contributed by atoms with E-state index in [0.717, 1.165) is 17.8 Å². The maximum atomic E-state index is 12.9. The zero-order valence-electron chi connectivity index (χ0n) is 16.4. The Hall–Kier alpha value is -2.42. The average Bonchev–Trinajstić information content (AvgIpc) is 2.97. The summed E-state index contributed by atoms with van der Waals surface area (Å²) in [6.45, 7) is 3.63. The van der Waals surface area contributed by atoms with Gasteiger partial charge in [0.05, 0.1) is 24.6 Å². The molecular weight excluding hydrogens is 425 g/mol. The van der Waals surface area contributed by atoms with Crippen LogP contribution in [0.15, 0.2) is 30.0 Å². The van der Waals surface area contributed by atoms with Crippen molar-refractivity contribution in [2.24, 2.45) is 5.92 Å². The maximum absolute atomic E-state index is 12.9. The maximum Gasteiger partial charge on any atom is 0.416 e. The fourth-order valence-corrected chi connectivity index (χ4v) is 3.80. The highest BCUT2D eigenvalue weighted by Crippen LogP contribution is 2.32. The van der Waals surface area contributed by atoms with Gasteiger partial charge in [-0.1, -0.05) is 11.6 Å². The number of ether oxygens (including phenoxy) is 2. The van der Waals surface area contributed by atoms with Crippen LogP contribution in [0.1, 0.15) is 24.5 Å². The number of carbonyl (C=O) groups is 2. The van der Waals surface area contributed by atoms with E-state index in [0.29, 0.717) is 32.7 Å². The number of esters is 1. The normalized spacial score (nSPS) is 19.1. The van der Waals surface area contributed by atoms with Crippen molar-refractivity contribution in [3.8, 4) is 0 Å². The lowest BCUT2D eigenvalue weighted by Gasteiger charge is -2.22. The third kappa shape index (κ3) is 5.38. The number of fused-ring (bicyclic) bond motifs is 1. The molecule has 164 valence electrons. The molecule has 1 fully saturated rings. The number of benzene rings is 1. The molecule has 0 radical (unpaired) electrons. The van der Waals surface area contributed by atoms with Crippen LogP contribution in [0.5, 0.6) is 0 Å². The number of hydrogen-bond donors (Lipinski definition) is 0. The number of amides is 1. The summed E-state index contributed by atoms with van der Waals surface area (Å²) in [4.78, 5) is 28.0. The Bertz CT molecular complexity index is 844. The van der Waals surface area contributed by atoms with Crippen LogP contribution in [0, 0.1) is 5.92 Å². The number of alkyl halides is 3. The summed E-state index contributed by atoms with van der Waals surface area (Å²) < 4.78 is 49.1. The smallest absolute Gasteiger partial charge is 0.416 e. The standard InChI is InChI=1S/C20H22ClF3N2O4/c1-2-29-18(27)14-8-17-11-26(5-3-4-25(17)10-14)19(28)30-12-13-6-15(20(22,23)24)9-16(21)7-13/h6-9,14H,2-5,10-12H2,1H3. The van der Waals surface area contributed by atoms with Gasteiger partial charge in [0.1, 0.15) is 6.61 Å². The second kappa shape index (κ2) is 9.16. The summed E-state index contributed by atoms with van der Waals surface area (Å²) in [6, 6.07) is 3.06. The molecule has 2 heterocycles. The van der Waals surface area contributed by atoms with E-state index in [-0.39, 0.29) is 35.6 Å². The van der Waals surface area contributed by atoms with Gasteiger partial charge < -0.3 is 19.3 Å². The first-order valence-electron chi connectivity index (χ1n) is 9.58. The largest absolute Gasteiger partial charge is 0.465 e. The molecule has 30 heavy (non-hydrogen) atoms. The monoisotopic (exact) mass is 446 g/mol. The predicted molar refractivity (Wildman–Crippen MR) is 103 cm³/mol. The molecule has 2 aliphatic heterocycles. The molecular formula is C20H22ClF3N2O4. The Morgan fingerprint density at radius 3 is 2.67 bits per heavy atom. The van der Waals surface area contributed by atoms with E-state index >= 15 is 0 Å². The number of nitrogens with zero attached hydrogens (tertiary/aromatic N) is 2. The lowest BCUT2D eigenvalue weighted by Crippen LogP contribution is -2.33. The van der Waals surface area contributed by atoms with E-state index in [1.807, 2.05) is 4.90 Å². The molecule has 0 aromatic heterocycles. The highest BCUT2D eigenvalue weighted by Gasteiger charge is 2.33. The summed E-state index contributed by atoms with van der Waals surface area (Å²) >= 11 is 5.76. The van der Waals surface area contributed by atoms with Gasteiger partial charge in [0.25, 0.3) is 0 Å². The first-order valence-corrected chi connectivity index (χ1v) is 9.96. The van der Waals surface area contributed by atoms with Gasteiger partial charge >= 0.3 is 18.2 Å². The predicted octanol–water partition coefficient (Wildman–Crippen LogP) is 4.08. The minimum absolute atomic E-state index is 0.0811. The van der Waals surface area contributed by atoms with Crippen LogP contribution in [-0.4, -0.2) is 54.6 Å². The Kier molecular flexibility index (Phi) is 6.80. The lowest BCUT2D eigenvalue weighted by atomic mass is 10.1. The Morgan fingerprint density at radius 1 is 1.20 bits per heavy atom. The minimum atomic E-state index is -4.54. The van der Waals surface area contributed by atoms with E-state index in [2.05, 4.69) is 0 Å². The zero-order chi connectivity index (χ0) is 21.9. The van der Waals surface area contributed by atoms with E-state index in [1.54, 1.807) is 13.0 Å². The van der Waals surface area contributed by atoms with Crippen molar-refractivity contribution >= 4 is 23.7 Å². The highest BCUT2D eigenvalue weighted by molar-refractivity contribution is 6.30. The third-order valence-corrected chi connectivity index (χ3v) is 5.14. The summed E-state index contributed by atoms with van der Waals surface area (Å²) in [6.07, 6.45) is -2.69. The molecule has 1 saturated heterocycles. The van der Waals surface area contributed by atoms with Crippen molar-refractivity contribution in [3.05, 3.63) is 46.1 Å². The summed E-state index contributed by atoms with van der Waals surface area (Å²) in [5.74, 6) is -0.670. The van der Waals surface area contributed by atoms with Crippen LogP contribution in [0.4, 0.5) is 18.0 Å². The van der Waals surface area contributed by atoms with Gasteiger partial charge in [0, 0.05) is 30.4 Å². The first kappa shape index (κ1) is 22.3. The van der Waals surface area contributed by atoms with Crippen molar-refractivity contribution in [2.75, 3.05) is 32.8 Å². The fraction of sp³-hybridized carbons (Fsp3) is 0.500. The molecule has 0 bridgehead atoms. The molecule has 0 spiro atoms. The van der Waals surface area contributed by atoms with Gasteiger partial charge in [0.2, 0.25) is 0 Å². The molecule has 10 heteroatoms. The van der Waals surface area contributed by atoms with Crippen LogP contribution in [0.2, 0.25) is 5.02 Å². The van der Waals surface area contributed by atoms with E-state index < -0.39 is 17.8 Å². The number of carbonyl (C=O) groups excluding carboxylic acids is 2. The summed E-state index contributed by atoms with van der Waals surface area (Å²) in [7, 11) is 0. The van der Waals surface area contributed by atoms with Crippen molar-refractivity contribution in [2.45, 2.75) is 26.1 Å². The second-order valence-corrected chi connectivity index (χ2v) is 7.57. The van der Waals surface area contributed by atoms with Crippen molar-refractivity contribution in [3.63, 3.8) is 0 Å². The van der Waals surface area contributed by atoms with Crippen LogP contribution in [0.25, 0.3) is 0 Å². The van der Waals surface area contributed by atoms with Crippen LogP contribution in [0.3, 0.4) is 0 Å². The molecule has 0 aliphatic carbocycles. The van der Waals surface area contributed by atoms with Gasteiger partial charge in [-0.05, 0) is 43.2 Å². The molecule has 1 amide bonds. The van der Waals surface area contributed by atoms with Crippen LogP contribution < -0.4 is 0 Å². The highest BCUT2D eigenvalue weighted by atomic mass is 35.5. The molecule has 1 atom stereocenters. The van der Waals surface area contributed by atoms with E-state index in [4.69, 9.17) is 21.1 Å². The molecule has 2 aliphatic rings. The van der Waals surface area contributed by atoms with Gasteiger partial charge in [-0.2, -0.15) is 13.2 Å². The number of hydrogen-bond acceptors (Lipinski definition) is 5. The van der Waals surface area contributed by atoms with Gasteiger partial charge in [-0.3, -0.25) is 4.79 Å². The molecule has 1 unspecified atom stereocenters. The van der Waals surface area contributed by atoms with Crippen LogP contribution >= 0.6 is 11.6 Å². The van der Waals surface area contributed by atoms with E-state index in [9.17, 15) is 22.8 Å². The zero-order valence-corrected chi connectivity index (χ0v) is 17.1. The van der Waals surface area contributed by atoms with Crippen molar-refractivity contribution in [1.29, 1.82) is 0 Å². The molecule has 3 rings (SSSR count). The lowest BCUT2D eigenvalue weighted by molar-refractivity contribution is -0.146. The summed E-state index contributed by atoms with van der Waals surface area (Å²) in [5.41, 5.74) is 0.0966. The average molecular weight is 447 g/mol. The van der Waals surface area contributed by atoms with Gasteiger partial charge in [-0.15, -0.1) is 0 Å². The van der Waals surface area contributed by atoms with Crippen molar-refractivity contribution in [1.82, 2.24) is 9.80 Å². The molecule has 0 N–H and O–H groups in total. The molecule has 1 aromatic carbocycles. The molecule has 6 nitrogen and oxygen atoms in total. The Morgan fingerprint density at radius 2 is 1.97 bits per heavy atom. The van der Waals surface area contributed by atoms with E-state index in [1.165, 1.54) is 11.0 Å². The number of halogens is 4. The topological polar surface area (TPSA) is 59.1 Å². The van der Waals surface area contributed by atoms with Gasteiger partial charge in [-0.25, -0.2) is 4.79 Å². The van der Waals surface area contributed by atoms with Crippen molar-refractivity contribution < 1.29 is 32.2 Å². The number of rotatable bonds is 4. The molecule has 0 saturated carbocycles. The fourth-order valence-electron chi connectivity index (χ4n) is 3.54. The summed E-state index contributed by atoms with van der Waals surface area (Å²) in [5, 5.41) is -0.0811. The Labute approximate surface area is 177 Å².